The van der Waals surface area contributed by atoms with E-state index in [0.29, 0.717) is 46.5 Å². The lowest BCUT2D eigenvalue weighted by Crippen LogP contribution is -2.49. The van der Waals surface area contributed by atoms with Gasteiger partial charge in [0, 0.05) is 36.9 Å². The first kappa shape index (κ1) is 48.0. The molecule has 6 heterocycles. The van der Waals surface area contributed by atoms with Crippen molar-refractivity contribution >= 4 is 62.7 Å². The number of hydrogen-bond acceptors (Lipinski definition) is 16. The summed E-state index contributed by atoms with van der Waals surface area (Å²) in [5.41, 5.74) is 17.0. The third kappa shape index (κ3) is 9.03. The smallest absolute Gasteiger partial charge is 0.256 e. The molecule has 0 aliphatic carbocycles. The molecule has 4 aromatic heterocycles. The molecule has 0 spiro atoms. The Morgan fingerprint density at radius 3 is 1.64 bits per heavy atom. The summed E-state index contributed by atoms with van der Waals surface area (Å²) in [6, 6.07) is 17.4. The second-order valence-corrected chi connectivity index (χ2v) is 14.6. The van der Waals surface area contributed by atoms with Gasteiger partial charge in [0.05, 0.1) is 10.8 Å². The number of hydrogen-bond donors (Lipinski definition) is 10. The molecule has 2 saturated heterocycles. The Hall–Kier alpha value is -5.69. The maximum absolute atomic E-state index is 12.8. The van der Waals surface area contributed by atoms with Crippen LogP contribution in [0.3, 0.4) is 0 Å². The molecule has 2 aromatic carbocycles. The highest BCUT2D eigenvalue weighted by Crippen LogP contribution is 2.41. The molecule has 2 aliphatic rings. The first-order valence-electron chi connectivity index (χ1n) is 18.0. The van der Waals surface area contributed by atoms with Gasteiger partial charge in [-0.25, -0.2) is 19.9 Å². The van der Waals surface area contributed by atoms with Crippen molar-refractivity contribution in [3.05, 3.63) is 102 Å². The van der Waals surface area contributed by atoms with Crippen LogP contribution in [0, 0.1) is 0 Å². The summed E-state index contributed by atoms with van der Waals surface area (Å²) in [6.07, 6.45) is -1.69. The maximum atomic E-state index is 12.8. The molecule has 6 aromatic rings. The Morgan fingerprint density at radius 1 is 0.754 bits per heavy atom. The van der Waals surface area contributed by atoms with E-state index in [1.54, 1.807) is 60.9 Å². The summed E-state index contributed by atoms with van der Waals surface area (Å²) in [5.74, 6) is -0.895. The molecule has 2 amide bonds. The summed E-state index contributed by atoms with van der Waals surface area (Å²) in [4.78, 5) is 41.8. The molecule has 61 heavy (non-hydrogen) atoms. The van der Waals surface area contributed by atoms with Gasteiger partial charge in [0.1, 0.15) is 58.3 Å². The monoisotopic (exact) mass is 866 g/mol. The van der Waals surface area contributed by atoms with E-state index in [4.69, 9.17) is 38.3 Å². The largest absolute Gasteiger partial charge is 0.412 e. The van der Waals surface area contributed by atoms with Crippen molar-refractivity contribution in [2.75, 3.05) is 16.4 Å². The standard InChI is InChI=1S/C19H20ClN5O4.C19H22N6O4.CH4.H3N.H2O/c1-19(28)13(26)18(25-6-5-12-15(20)22-9-23-16(12)25)29-14(19)17(27)24-11-4-2-3-10(7-11)8-21;1-19(28)13(26)18(25-6-5-12-15(21)22-9-23-16(12)25)29-14(19)17(27)24-11-4-2-3-10(7-11)8-20;;;/h2-7,9,13-14,18,26,28H,8,21H2,1H3,(H,24,27);2-7,9,13-14,18,26,28H,8,20H2,1H3,(H,24,27)(H2,21,22,23);1H4;1H3;1H2/t13-,14+,18+,19-;13-,14+,18?,19-;;;/m00.../s1. The van der Waals surface area contributed by atoms with E-state index in [-0.39, 0.29) is 30.0 Å². The van der Waals surface area contributed by atoms with Gasteiger partial charge in [0.2, 0.25) is 0 Å². The second kappa shape index (κ2) is 18.9. The molecule has 0 radical (unpaired) electrons. The first-order valence-corrected chi connectivity index (χ1v) is 18.4. The number of nitrogens with two attached hydrogens (primary N) is 3. The summed E-state index contributed by atoms with van der Waals surface area (Å²) < 4.78 is 14.6. The fourth-order valence-corrected chi connectivity index (χ4v) is 7.18. The summed E-state index contributed by atoms with van der Waals surface area (Å²) in [7, 11) is 0. The normalized spacial score (nSPS) is 25.4. The van der Waals surface area contributed by atoms with Gasteiger partial charge in [-0.2, -0.15) is 0 Å². The van der Waals surface area contributed by atoms with Gasteiger partial charge < -0.3 is 78.5 Å². The third-order valence-electron chi connectivity index (χ3n) is 10.2. The SMILES string of the molecule is C.C[C@@]1(O)[C@@H](C(=O)Nc2cccc(CN)c2)OC(n2ccc3c(N)ncnc32)[C@@H]1O.C[C@@]1(O)[C@@H](C(=O)Nc2cccc(CN)c2)O[C@@H](n2ccc3c(Cl)ncnc32)[C@@H]1O.N.O. The Morgan fingerprint density at radius 2 is 1.18 bits per heavy atom. The number of nitrogens with zero attached hydrogens (tertiary/aromatic N) is 6. The Bertz CT molecular complexity index is 2310. The van der Waals surface area contributed by atoms with E-state index >= 15 is 0 Å². The van der Waals surface area contributed by atoms with Crippen LogP contribution in [0.5, 0.6) is 0 Å². The quantitative estimate of drug-likeness (QED) is 0.0963. The number of benzene rings is 2. The zero-order valence-corrected chi connectivity index (χ0v) is 33.1. The third-order valence-corrected chi connectivity index (χ3v) is 10.5. The minimum atomic E-state index is -1.84. The molecular weight excluding hydrogens is 816 g/mol. The predicted molar refractivity (Wildman–Crippen MR) is 227 cm³/mol. The van der Waals surface area contributed by atoms with Crippen LogP contribution in [-0.4, -0.2) is 102 Å². The average molecular weight is 867 g/mol. The van der Waals surface area contributed by atoms with Crippen LogP contribution in [0.2, 0.25) is 5.15 Å². The van der Waals surface area contributed by atoms with Gasteiger partial charge in [-0.3, -0.25) is 9.59 Å². The zero-order valence-electron chi connectivity index (χ0n) is 32.4. The molecule has 0 bridgehead atoms. The van der Waals surface area contributed by atoms with Crippen LogP contribution >= 0.6 is 11.6 Å². The fourth-order valence-electron chi connectivity index (χ4n) is 6.99. The highest BCUT2D eigenvalue weighted by Gasteiger charge is 2.57. The van der Waals surface area contributed by atoms with E-state index < -0.39 is 59.9 Å². The van der Waals surface area contributed by atoms with Crippen molar-refractivity contribution in [1.29, 1.82) is 0 Å². The fraction of sp³-hybridized carbons (Fsp3) is 0.333. The van der Waals surface area contributed by atoms with Gasteiger partial charge in [-0.1, -0.05) is 43.3 Å². The van der Waals surface area contributed by atoms with Crippen molar-refractivity contribution in [3.8, 4) is 0 Å². The van der Waals surface area contributed by atoms with Crippen LogP contribution in [0.4, 0.5) is 17.2 Å². The molecule has 328 valence electrons. The number of carbonyl (C=O) groups is 2. The number of fused-ring (bicyclic) bond motifs is 2. The van der Waals surface area contributed by atoms with Gasteiger partial charge in [-0.05, 0) is 61.4 Å². The van der Waals surface area contributed by atoms with Crippen molar-refractivity contribution in [2.45, 2.75) is 82.4 Å². The number of carbonyl (C=O) groups excluding carboxylic acids is 2. The van der Waals surface area contributed by atoms with Gasteiger partial charge >= 0.3 is 0 Å². The minimum Gasteiger partial charge on any atom is -0.412 e. The summed E-state index contributed by atoms with van der Waals surface area (Å²) >= 11 is 6.07. The van der Waals surface area contributed by atoms with E-state index in [9.17, 15) is 30.0 Å². The predicted octanol–water partition coefficient (Wildman–Crippen LogP) is 1.29. The van der Waals surface area contributed by atoms with Crippen molar-refractivity contribution in [1.82, 2.24) is 35.2 Å². The van der Waals surface area contributed by atoms with E-state index in [1.807, 2.05) is 12.1 Å². The van der Waals surface area contributed by atoms with Crippen molar-refractivity contribution in [2.24, 2.45) is 11.5 Å². The number of aliphatic hydroxyl groups is 4. The Balaban J connectivity index is 0.000000256. The Kier molecular flexibility index (Phi) is 14.9. The average Bonchev–Trinajstić information content (AvgIpc) is 3.95. The number of aliphatic hydroxyl groups excluding tert-OH is 2. The Labute approximate surface area is 354 Å². The maximum Gasteiger partial charge on any atom is 0.256 e. The number of ether oxygens (including phenoxy) is 2. The van der Waals surface area contributed by atoms with Crippen molar-refractivity contribution < 1.29 is 45.0 Å². The molecule has 8 rings (SSSR count). The lowest BCUT2D eigenvalue weighted by Gasteiger charge is -2.25. The van der Waals surface area contributed by atoms with Crippen LogP contribution in [0.1, 0.15) is 44.9 Å². The summed E-state index contributed by atoms with van der Waals surface area (Å²) in [5, 5.41) is 49.9. The van der Waals surface area contributed by atoms with Gasteiger partial charge in [0.15, 0.2) is 24.7 Å². The molecule has 0 saturated carbocycles. The van der Waals surface area contributed by atoms with Crippen LogP contribution in [0.15, 0.2) is 85.7 Å². The number of anilines is 3. The number of nitrogens with one attached hydrogen (secondary N) is 2. The van der Waals surface area contributed by atoms with Crippen LogP contribution in [0.25, 0.3) is 22.1 Å². The molecular formula is C39H51ClN12O9. The van der Waals surface area contributed by atoms with Crippen LogP contribution < -0.4 is 34.0 Å². The van der Waals surface area contributed by atoms with Gasteiger partial charge in [-0.15, -0.1) is 0 Å². The van der Waals surface area contributed by atoms with Gasteiger partial charge in [0.25, 0.3) is 11.8 Å². The lowest BCUT2D eigenvalue weighted by molar-refractivity contribution is -0.138. The number of halogens is 1. The van der Waals surface area contributed by atoms with Crippen LogP contribution in [-0.2, 0) is 32.2 Å². The highest BCUT2D eigenvalue weighted by molar-refractivity contribution is 6.33. The van der Waals surface area contributed by atoms with E-state index in [0.717, 1.165) is 11.1 Å². The second-order valence-electron chi connectivity index (χ2n) is 14.3. The minimum absolute atomic E-state index is 0. The lowest BCUT2D eigenvalue weighted by atomic mass is 9.94. The van der Waals surface area contributed by atoms with E-state index in [2.05, 4.69) is 30.6 Å². The van der Waals surface area contributed by atoms with Crippen molar-refractivity contribution in [3.63, 3.8) is 0 Å². The molecule has 2 aliphatic heterocycles. The number of amides is 2. The molecule has 21 nitrogen and oxygen atoms in total. The topological polar surface area (TPSA) is 364 Å². The molecule has 2 fully saturated rings. The molecule has 1 unspecified atom stereocenters. The summed E-state index contributed by atoms with van der Waals surface area (Å²) in [6.45, 7) is 3.36. The molecule has 22 heteroatoms. The first-order chi connectivity index (χ1) is 27.6. The zero-order chi connectivity index (χ0) is 41.5. The van der Waals surface area contributed by atoms with E-state index in [1.165, 1.54) is 35.6 Å². The number of rotatable bonds is 8. The molecule has 8 atom stereocenters. The number of nitrogen functional groups attached to an aromatic ring is 1. The molecule has 17 N–H and O–H groups in total. The number of aromatic nitrogens is 6. The highest BCUT2D eigenvalue weighted by atomic mass is 35.5.